The van der Waals surface area contributed by atoms with Gasteiger partial charge in [0.1, 0.15) is 11.6 Å². The maximum Gasteiger partial charge on any atom is 0.153 e. The number of para-hydroxylation sites is 1. The van der Waals surface area contributed by atoms with Gasteiger partial charge in [0.15, 0.2) is 5.75 Å². The quantitative estimate of drug-likeness (QED) is 0.584. The molecule has 0 unspecified atom stereocenters. The third-order valence-corrected chi connectivity index (χ3v) is 3.59. The number of ether oxygens (including phenoxy) is 1. The number of hydrogen-bond donors (Lipinski definition) is 1. The SMILES string of the molecule is Nc1cc(I)c(F)cc1Oc1ccccc1Br. The van der Waals surface area contributed by atoms with Crippen LogP contribution in [0.2, 0.25) is 0 Å². The first-order chi connectivity index (χ1) is 8.08. The van der Waals surface area contributed by atoms with E-state index in [9.17, 15) is 4.39 Å². The highest BCUT2D eigenvalue weighted by molar-refractivity contribution is 14.1. The highest BCUT2D eigenvalue weighted by atomic mass is 127. The van der Waals surface area contributed by atoms with Crippen molar-refractivity contribution in [2.75, 3.05) is 5.73 Å². The second-order valence-corrected chi connectivity index (χ2v) is 5.35. The second-order valence-electron chi connectivity index (χ2n) is 3.34. The van der Waals surface area contributed by atoms with Gasteiger partial charge in [0.2, 0.25) is 0 Å². The van der Waals surface area contributed by atoms with Gasteiger partial charge >= 0.3 is 0 Å². The zero-order chi connectivity index (χ0) is 12.4. The van der Waals surface area contributed by atoms with E-state index in [1.807, 2.05) is 40.8 Å². The van der Waals surface area contributed by atoms with Gasteiger partial charge in [0.05, 0.1) is 13.7 Å². The summed E-state index contributed by atoms with van der Waals surface area (Å²) < 4.78 is 20.2. The van der Waals surface area contributed by atoms with Gasteiger partial charge in [-0.25, -0.2) is 4.39 Å². The van der Waals surface area contributed by atoms with E-state index in [1.54, 1.807) is 12.1 Å². The van der Waals surface area contributed by atoms with Gasteiger partial charge in [0.25, 0.3) is 0 Å². The Morgan fingerprint density at radius 3 is 2.59 bits per heavy atom. The van der Waals surface area contributed by atoms with E-state index < -0.39 is 0 Å². The summed E-state index contributed by atoms with van der Waals surface area (Å²) in [6.07, 6.45) is 0. The zero-order valence-electron chi connectivity index (χ0n) is 8.58. The van der Waals surface area contributed by atoms with Crippen molar-refractivity contribution in [1.29, 1.82) is 0 Å². The minimum absolute atomic E-state index is 0.315. The molecule has 0 heterocycles. The average molecular weight is 408 g/mol. The summed E-state index contributed by atoms with van der Waals surface area (Å²) in [5.74, 6) is 0.566. The number of anilines is 1. The fourth-order valence-electron chi connectivity index (χ4n) is 1.28. The van der Waals surface area contributed by atoms with Crippen LogP contribution in [0.3, 0.4) is 0 Å². The molecule has 17 heavy (non-hydrogen) atoms. The predicted octanol–water partition coefficient (Wildman–Crippen LogP) is 4.57. The van der Waals surface area contributed by atoms with Crippen molar-refractivity contribution in [3.8, 4) is 11.5 Å². The van der Waals surface area contributed by atoms with Crippen molar-refractivity contribution in [3.05, 3.63) is 50.3 Å². The van der Waals surface area contributed by atoms with Crippen LogP contribution in [0.4, 0.5) is 10.1 Å². The molecule has 2 aromatic carbocycles. The van der Waals surface area contributed by atoms with Crippen LogP contribution in [0, 0.1) is 9.39 Å². The second kappa shape index (κ2) is 5.22. The third-order valence-electron chi connectivity index (χ3n) is 2.11. The molecule has 0 atom stereocenters. The molecule has 2 N–H and O–H groups in total. The minimum atomic E-state index is -0.346. The summed E-state index contributed by atoms with van der Waals surface area (Å²) in [6.45, 7) is 0. The summed E-state index contributed by atoms with van der Waals surface area (Å²) in [4.78, 5) is 0. The van der Waals surface area contributed by atoms with Crippen LogP contribution < -0.4 is 10.5 Å². The summed E-state index contributed by atoms with van der Waals surface area (Å²) >= 11 is 5.23. The van der Waals surface area contributed by atoms with Crippen LogP contribution >= 0.6 is 38.5 Å². The van der Waals surface area contributed by atoms with Gasteiger partial charge < -0.3 is 10.5 Å². The van der Waals surface area contributed by atoms with Crippen LogP contribution in [0.1, 0.15) is 0 Å². The van der Waals surface area contributed by atoms with E-state index in [4.69, 9.17) is 10.5 Å². The van der Waals surface area contributed by atoms with Crippen LogP contribution in [0.5, 0.6) is 11.5 Å². The molecule has 5 heteroatoms. The van der Waals surface area contributed by atoms with Gasteiger partial charge in [-0.1, -0.05) is 12.1 Å². The summed E-state index contributed by atoms with van der Waals surface area (Å²) in [5, 5.41) is 0. The molecule has 0 radical (unpaired) electrons. The van der Waals surface area contributed by atoms with Gasteiger partial charge in [-0.3, -0.25) is 0 Å². The van der Waals surface area contributed by atoms with E-state index in [-0.39, 0.29) is 5.82 Å². The lowest BCUT2D eigenvalue weighted by Crippen LogP contribution is -1.95. The smallest absolute Gasteiger partial charge is 0.153 e. The van der Waals surface area contributed by atoms with Gasteiger partial charge in [0, 0.05) is 6.07 Å². The molecule has 0 aliphatic carbocycles. The summed E-state index contributed by atoms with van der Waals surface area (Å²) in [6, 6.07) is 10.2. The Kier molecular flexibility index (Phi) is 3.88. The Balaban J connectivity index is 2.37. The Morgan fingerprint density at radius 2 is 1.88 bits per heavy atom. The van der Waals surface area contributed by atoms with E-state index in [2.05, 4.69) is 15.9 Å². The predicted molar refractivity (Wildman–Crippen MR) is 77.7 cm³/mol. The molecule has 2 aromatic rings. The van der Waals surface area contributed by atoms with Crippen molar-refractivity contribution in [2.45, 2.75) is 0 Å². The van der Waals surface area contributed by atoms with Crippen molar-refractivity contribution < 1.29 is 9.13 Å². The van der Waals surface area contributed by atoms with Crippen molar-refractivity contribution in [1.82, 2.24) is 0 Å². The van der Waals surface area contributed by atoms with Gasteiger partial charge in [-0.05, 0) is 56.7 Å². The van der Waals surface area contributed by atoms with Crippen molar-refractivity contribution in [2.24, 2.45) is 0 Å². The van der Waals surface area contributed by atoms with E-state index >= 15 is 0 Å². The summed E-state index contributed by atoms with van der Waals surface area (Å²) in [5.41, 5.74) is 6.19. The Labute approximate surface area is 120 Å². The van der Waals surface area contributed by atoms with Gasteiger partial charge in [-0.2, -0.15) is 0 Å². The standard InChI is InChI=1S/C12H8BrFINO/c13-7-3-1-2-4-11(7)17-12-5-8(14)9(15)6-10(12)16/h1-6H,16H2. The summed E-state index contributed by atoms with van der Waals surface area (Å²) in [7, 11) is 0. The lowest BCUT2D eigenvalue weighted by atomic mass is 10.3. The molecule has 0 amide bonds. The zero-order valence-corrected chi connectivity index (χ0v) is 12.3. The molecule has 0 saturated carbocycles. The van der Waals surface area contributed by atoms with E-state index in [1.165, 1.54) is 6.07 Å². The molecule has 2 nitrogen and oxygen atoms in total. The first-order valence-corrected chi connectivity index (χ1v) is 6.62. The van der Waals surface area contributed by atoms with E-state index in [0.717, 1.165) is 4.47 Å². The minimum Gasteiger partial charge on any atom is -0.454 e. The molecule has 88 valence electrons. The highest BCUT2D eigenvalue weighted by Gasteiger charge is 2.09. The normalized spacial score (nSPS) is 10.3. The number of nitrogen functional groups attached to an aromatic ring is 1. The molecule has 0 fully saturated rings. The molecule has 2 rings (SSSR count). The molecule has 0 aliphatic heterocycles. The number of benzene rings is 2. The topological polar surface area (TPSA) is 35.2 Å². The maximum absolute atomic E-state index is 13.4. The Bertz CT molecular complexity index is 562. The molecule has 0 saturated heterocycles. The Hall–Kier alpha value is -0.820. The van der Waals surface area contributed by atoms with Crippen LogP contribution in [-0.4, -0.2) is 0 Å². The van der Waals surface area contributed by atoms with Crippen LogP contribution in [0.15, 0.2) is 40.9 Å². The largest absolute Gasteiger partial charge is 0.454 e. The Morgan fingerprint density at radius 1 is 1.18 bits per heavy atom. The van der Waals surface area contributed by atoms with Crippen molar-refractivity contribution >= 4 is 44.2 Å². The third kappa shape index (κ3) is 2.90. The molecular weight excluding hydrogens is 400 g/mol. The molecule has 0 aromatic heterocycles. The lowest BCUT2D eigenvalue weighted by molar-refractivity contribution is 0.476. The first-order valence-electron chi connectivity index (χ1n) is 4.75. The van der Waals surface area contributed by atoms with Gasteiger partial charge in [-0.15, -0.1) is 0 Å². The number of hydrogen-bond acceptors (Lipinski definition) is 2. The maximum atomic E-state index is 13.4. The van der Waals surface area contributed by atoms with E-state index in [0.29, 0.717) is 20.8 Å². The average Bonchev–Trinajstić information content (AvgIpc) is 2.29. The lowest BCUT2D eigenvalue weighted by Gasteiger charge is -2.10. The monoisotopic (exact) mass is 407 g/mol. The van der Waals surface area contributed by atoms with Crippen molar-refractivity contribution in [3.63, 3.8) is 0 Å². The number of nitrogens with two attached hydrogens (primary N) is 1. The van der Waals surface area contributed by atoms with Crippen LogP contribution in [0.25, 0.3) is 0 Å². The van der Waals surface area contributed by atoms with Crippen LogP contribution in [-0.2, 0) is 0 Å². The number of halogens is 3. The number of rotatable bonds is 2. The molecule has 0 aliphatic rings. The fourth-order valence-corrected chi connectivity index (χ4v) is 2.14. The first kappa shape index (κ1) is 12.6. The molecule has 0 spiro atoms. The fraction of sp³-hybridized carbons (Fsp3) is 0. The highest BCUT2D eigenvalue weighted by Crippen LogP contribution is 2.34. The molecular formula is C12H8BrFINO. The molecule has 0 bridgehead atoms.